The molecule has 0 aromatic heterocycles. The number of hydrazone groups is 1. The van der Waals surface area contributed by atoms with Crippen LogP contribution < -0.4 is 15.5 Å². The van der Waals surface area contributed by atoms with Crippen molar-refractivity contribution in [3.8, 4) is 11.5 Å². The van der Waals surface area contributed by atoms with Crippen LogP contribution in [-0.2, 0) is 14.3 Å². The molecule has 0 aliphatic carbocycles. The number of nitrogens with one attached hydrogen (secondary N) is 2. The molecule has 9 heteroatoms. The Morgan fingerprint density at radius 2 is 2.12 bits per heavy atom. The van der Waals surface area contributed by atoms with E-state index in [4.69, 9.17) is 9.47 Å². The minimum atomic E-state index is -0.869. The molecule has 0 spiro atoms. The molecule has 3 N–H and O–H groups in total. The van der Waals surface area contributed by atoms with E-state index in [-0.39, 0.29) is 11.5 Å². The molecule has 0 aliphatic rings. The average Bonchev–Trinajstić information content (AvgIpc) is 2.56. The Kier molecular flexibility index (Phi) is 8.80. The number of rotatable bonds is 8. The Hall–Kier alpha value is -2.13. The predicted molar refractivity (Wildman–Crippen MR) is 92.2 cm³/mol. The van der Waals surface area contributed by atoms with E-state index in [1.165, 1.54) is 6.21 Å². The third-order valence-corrected chi connectivity index (χ3v) is 3.35. The zero-order chi connectivity index (χ0) is 17.9. The van der Waals surface area contributed by atoms with E-state index in [0.29, 0.717) is 36.2 Å². The molecule has 0 saturated heterocycles. The zero-order valence-corrected chi connectivity index (χ0v) is 15.1. The van der Waals surface area contributed by atoms with Crippen LogP contribution in [0.5, 0.6) is 11.5 Å². The molecule has 0 radical (unpaired) electrons. The summed E-state index contributed by atoms with van der Waals surface area (Å²) < 4.78 is 10.5. The summed E-state index contributed by atoms with van der Waals surface area (Å²) in [6.45, 7) is 3.02. The number of phenolic OH excluding ortho intramolecular Hbond substituents is 1. The third kappa shape index (κ3) is 6.55. The first kappa shape index (κ1) is 19.9. The highest BCUT2D eigenvalue weighted by Crippen LogP contribution is 2.34. The van der Waals surface area contributed by atoms with Gasteiger partial charge in [-0.15, -0.1) is 0 Å². The fourth-order valence-electron chi connectivity index (χ4n) is 1.65. The molecule has 8 nitrogen and oxygen atoms in total. The van der Waals surface area contributed by atoms with Crippen molar-refractivity contribution in [3.63, 3.8) is 0 Å². The summed E-state index contributed by atoms with van der Waals surface area (Å²) >= 11 is 3.20. The van der Waals surface area contributed by atoms with E-state index >= 15 is 0 Å². The van der Waals surface area contributed by atoms with Crippen LogP contribution in [-0.4, -0.2) is 50.0 Å². The van der Waals surface area contributed by atoms with Gasteiger partial charge in [0.05, 0.1) is 17.3 Å². The average molecular weight is 402 g/mol. The molecular formula is C15H20BrN3O5. The SMILES string of the molecule is CCOc1cc(/C=N\NC(=O)C(=O)NCCCOC)cc(Br)c1O. The number of aromatic hydroxyl groups is 1. The lowest BCUT2D eigenvalue weighted by Gasteiger charge is -2.08. The van der Waals surface area contributed by atoms with Crippen LogP contribution in [0.25, 0.3) is 0 Å². The number of nitrogens with zero attached hydrogens (tertiary/aromatic N) is 1. The van der Waals surface area contributed by atoms with Gasteiger partial charge in [-0.3, -0.25) is 9.59 Å². The number of ether oxygens (including phenoxy) is 2. The highest BCUT2D eigenvalue weighted by atomic mass is 79.9. The molecule has 0 atom stereocenters. The van der Waals surface area contributed by atoms with Crippen molar-refractivity contribution in [2.45, 2.75) is 13.3 Å². The predicted octanol–water partition coefficient (Wildman–Crippen LogP) is 1.16. The molecule has 2 amide bonds. The second-order valence-electron chi connectivity index (χ2n) is 4.58. The van der Waals surface area contributed by atoms with Gasteiger partial charge in [0.25, 0.3) is 0 Å². The maximum absolute atomic E-state index is 11.5. The number of phenols is 1. The minimum Gasteiger partial charge on any atom is -0.503 e. The van der Waals surface area contributed by atoms with Crippen molar-refractivity contribution >= 4 is 34.0 Å². The molecular weight excluding hydrogens is 382 g/mol. The van der Waals surface area contributed by atoms with Gasteiger partial charge in [-0.25, -0.2) is 5.43 Å². The standard InChI is InChI=1S/C15H20BrN3O5/c1-3-24-12-8-10(7-11(16)13(12)20)9-18-19-15(22)14(21)17-5-4-6-23-2/h7-9,20H,3-6H2,1-2H3,(H,17,21)(H,19,22)/b18-9-. The normalized spacial score (nSPS) is 10.6. The van der Waals surface area contributed by atoms with E-state index in [0.717, 1.165) is 0 Å². The Balaban J connectivity index is 2.57. The molecule has 24 heavy (non-hydrogen) atoms. The number of carbonyl (C=O) groups is 2. The first-order chi connectivity index (χ1) is 11.5. The van der Waals surface area contributed by atoms with Crippen LogP contribution in [0, 0.1) is 0 Å². The zero-order valence-electron chi connectivity index (χ0n) is 13.5. The maximum Gasteiger partial charge on any atom is 0.329 e. The Bertz CT molecular complexity index is 607. The van der Waals surface area contributed by atoms with Gasteiger partial charge in [0.2, 0.25) is 0 Å². The molecule has 0 unspecified atom stereocenters. The molecule has 0 fully saturated rings. The Morgan fingerprint density at radius 1 is 1.38 bits per heavy atom. The summed E-state index contributed by atoms with van der Waals surface area (Å²) in [5, 5.41) is 16.0. The summed E-state index contributed by atoms with van der Waals surface area (Å²) in [5.41, 5.74) is 2.70. The van der Waals surface area contributed by atoms with E-state index in [1.54, 1.807) is 26.2 Å². The van der Waals surface area contributed by atoms with Crippen LogP contribution in [0.15, 0.2) is 21.7 Å². The molecule has 0 saturated carbocycles. The molecule has 1 aromatic carbocycles. The topological polar surface area (TPSA) is 109 Å². The summed E-state index contributed by atoms with van der Waals surface area (Å²) in [4.78, 5) is 23.0. The molecule has 1 aromatic rings. The Morgan fingerprint density at radius 3 is 2.79 bits per heavy atom. The monoisotopic (exact) mass is 401 g/mol. The molecule has 132 valence electrons. The van der Waals surface area contributed by atoms with Crippen molar-refractivity contribution in [1.29, 1.82) is 0 Å². The van der Waals surface area contributed by atoms with Crippen LogP contribution in [0.2, 0.25) is 0 Å². The number of benzene rings is 1. The summed E-state index contributed by atoms with van der Waals surface area (Å²) in [7, 11) is 1.56. The lowest BCUT2D eigenvalue weighted by Crippen LogP contribution is -2.38. The van der Waals surface area contributed by atoms with Gasteiger partial charge in [0, 0.05) is 20.3 Å². The lowest BCUT2D eigenvalue weighted by atomic mass is 10.2. The summed E-state index contributed by atoms with van der Waals surface area (Å²) in [6.07, 6.45) is 1.95. The van der Waals surface area contributed by atoms with Gasteiger partial charge >= 0.3 is 11.8 Å². The lowest BCUT2D eigenvalue weighted by molar-refractivity contribution is -0.139. The van der Waals surface area contributed by atoms with Gasteiger partial charge in [-0.1, -0.05) is 0 Å². The first-order valence-corrected chi connectivity index (χ1v) is 8.04. The highest BCUT2D eigenvalue weighted by molar-refractivity contribution is 9.10. The number of hydrogen-bond acceptors (Lipinski definition) is 6. The van der Waals surface area contributed by atoms with Crippen LogP contribution in [0.3, 0.4) is 0 Å². The second-order valence-corrected chi connectivity index (χ2v) is 5.44. The Labute approximate surface area is 148 Å². The van der Waals surface area contributed by atoms with Crippen molar-refractivity contribution in [3.05, 3.63) is 22.2 Å². The number of hydrogen-bond donors (Lipinski definition) is 3. The van der Waals surface area contributed by atoms with Crippen molar-refractivity contribution < 1.29 is 24.2 Å². The van der Waals surface area contributed by atoms with Gasteiger partial charge in [-0.2, -0.15) is 5.10 Å². The number of halogens is 1. The van der Waals surface area contributed by atoms with Gasteiger partial charge in [-0.05, 0) is 47.0 Å². The van der Waals surface area contributed by atoms with Crippen molar-refractivity contribution in [1.82, 2.24) is 10.7 Å². The van der Waals surface area contributed by atoms with Gasteiger partial charge in [0.15, 0.2) is 11.5 Å². The summed E-state index contributed by atoms with van der Waals surface area (Å²) in [6, 6.07) is 3.16. The number of carbonyl (C=O) groups excluding carboxylic acids is 2. The van der Waals surface area contributed by atoms with Gasteiger partial charge < -0.3 is 19.9 Å². The minimum absolute atomic E-state index is 0.0199. The molecule has 1 rings (SSSR count). The van der Waals surface area contributed by atoms with E-state index in [1.807, 2.05) is 0 Å². The fourth-order valence-corrected chi connectivity index (χ4v) is 2.11. The summed E-state index contributed by atoms with van der Waals surface area (Å²) in [5.74, 6) is -1.37. The number of amides is 2. The second kappa shape index (κ2) is 10.6. The fraction of sp³-hybridized carbons (Fsp3) is 0.400. The molecule has 0 heterocycles. The molecule has 0 aliphatic heterocycles. The quantitative estimate of drug-likeness (QED) is 0.262. The van der Waals surface area contributed by atoms with Gasteiger partial charge in [0.1, 0.15) is 0 Å². The smallest absolute Gasteiger partial charge is 0.329 e. The van der Waals surface area contributed by atoms with Crippen molar-refractivity contribution in [2.24, 2.45) is 5.10 Å². The number of methoxy groups -OCH3 is 1. The molecule has 0 bridgehead atoms. The largest absolute Gasteiger partial charge is 0.503 e. The maximum atomic E-state index is 11.5. The van der Waals surface area contributed by atoms with E-state index < -0.39 is 11.8 Å². The van der Waals surface area contributed by atoms with Crippen LogP contribution in [0.4, 0.5) is 0 Å². The first-order valence-electron chi connectivity index (χ1n) is 7.25. The third-order valence-electron chi connectivity index (χ3n) is 2.75. The van der Waals surface area contributed by atoms with E-state index in [2.05, 4.69) is 31.8 Å². The van der Waals surface area contributed by atoms with Crippen LogP contribution >= 0.6 is 15.9 Å². The van der Waals surface area contributed by atoms with E-state index in [9.17, 15) is 14.7 Å². The van der Waals surface area contributed by atoms with Crippen LogP contribution in [0.1, 0.15) is 18.9 Å². The highest BCUT2D eigenvalue weighted by Gasteiger charge is 2.12. The van der Waals surface area contributed by atoms with Crippen molar-refractivity contribution in [2.75, 3.05) is 26.9 Å².